The third kappa shape index (κ3) is 3.25. The summed E-state index contributed by atoms with van der Waals surface area (Å²) in [5.41, 5.74) is 0.0349. The third-order valence-electron chi connectivity index (χ3n) is 3.67. The molecule has 84 valence electrons. The van der Waals surface area contributed by atoms with E-state index in [0.29, 0.717) is 6.04 Å². The summed E-state index contributed by atoms with van der Waals surface area (Å²) in [4.78, 5) is 0. The van der Waals surface area contributed by atoms with Gasteiger partial charge in [0.05, 0.1) is 5.60 Å². The van der Waals surface area contributed by atoms with Crippen LogP contribution in [0.4, 0.5) is 0 Å². The van der Waals surface area contributed by atoms with Gasteiger partial charge in [-0.3, -0.25) is 0 Å². The number of methoxy groups -OCH3 is 1. The lowest BCUT2D eigenvalue weighted by Gasteiger charge is -2.26. The molecule has 0 aliphatic heterocycles. The van der Waals surface area contributed by atoms with Gasteiger partial charge in [0.15, 0.2) is 0 Å². The van der Waals surface area contributed by atoms with Crippen molar-refractivity contribution in [3.05, 3.63) is 0 Å². The van der Waals surface area contributed by atoms with Gasteiger partial charge in [0.1, 0.15) is 0 Å². The first-order valence-corrected chi connectivity index (χ1v) is 5.72. The molecule has 1 rings (SSSR count). The van der Waals surface area contributed by atoms with Crippen LogP contribution in [0.1, 0.15) is 40.0 Å². The summed E-state index contributed by atoms with van der Waals surface area (Å²) in [6, 6.07) is 0.694. The Labute approximate surface area is 88.4 Å². The minimum atomic E-state index is 0.0349. The maximum Gasteiger partial charge on any atom is 0.0623 e. The molecule has 0 aromatic carbocycles. The molecule has 0 spiro atoms. The fourth-order valence-corrected chi connectivity index (χ4v) is 2.09. The summed E-state index contributed by atoms with van der Waals surface area (Å²) in [6.45, 7) is 6.67. The van der Waals surface area contributed by atoms with Gasteiger partial charge in [-0.1, -0.05) is 6.92 Å². The normalized spacial score (nSPS) is 28.9. The zero-order valence-electron chi connectivity index (χ0n) is 10.3. The van der Waals surface area contributed by atoms with Crippen molar-refractivity contribution >= 4 is 0 Å². The van der Waals surface area contributed by atoms with Crippen LogP contribution >= 0.6 is 0 Å². The second-order valence-electron chi connectivity index (χ2n) is 5.27. The minimum Gasteiger partial charge on any atom is -0.379 e. The molecule has 1 aliphatic rings. The van der Waals surface area contributed by atoms with Crippen molar-refractivity contribution in [2.24, 2.45) is 11.8 Å². The Morgan fingerprint density at radius 3 is 2.43 bits per heavy atom. The molecule has 3 atom stereocenters. The molecule has 1 aliphatic carbocycles. The van der Waals surface area contributed by atoms with Gasteiger partial charge in [-0.25, -0.2) is 0 Å². The summed E-state index contributed by atoms with van der Waals surface area (Å²) in [6.07, 6.45) is 3.77. The highest BCUT2D eigenvalue weighted by Crippen LogP contribution is 2.42. The highest BCUT2D eigenvalue weighted by molar-refractivity contribution is 4.92. The third-order valence-corrected chi connectivity index (χ3v) is 3.67. The van der Waals surface area contributed by atoms with Crippen LogP contribution in [-0.2, 0) is 4.74 Å². The van der Waals surface area contributed by atoms with Gasteiger partial charge in [0.25, 0.3) is 0 Å². The van der Waals surface area contributed by atoms with Crippen LogP contribution in [-0.4, -0.2) is 25.8 Å². The number of nitrogens with one attached hydrogen (secondary N) is 1. The molecule has 1 saturated carbocycles. The van der Waals surface area contributed by atoms with Crippen LogP contribution in [0.3, 0.4) is 0 Å². The van der Waals surface area contributed by atoms with E-state index in [0.717, 1.165) is 18.3 Å². The molecule has 0 aromatic rings. The van der Waals surface area contributed by atoms with Gasteiger partial charge in [-0.15, -0.1) is 0 Å². The van der Waals surface area contributed by atoms with Crippen molar-refractivity contribution in [1.29, 1.82) is 0 Å². The van der Waals surface area contributed by atoms with Gasteiger partial charge in [-0.2, -0.15) is 0 Å². The molecule has 0 aromatic heterocycles. The molecule has 1 fully saturated rings. The molecule has 0 radical (unpaired) electrons. The summed E-state index contributed by atoms with van der Waals surface area (Å²) in [5, 5.41) is 3.44. The van der Waals surface area contributed by atoms with E-state index < -0.39 is 0 Å². The van der Waals surface area contributed by atoms with Crippen molar-refractivity contribution in [2.45, 2.75) is 51.7 Å². The average Bonchev–Trinajstić information content (AvgIpc) is 2.84. The number of rotatable bonds is 6. The van der Waals surface area contributed by atoms with E-state index in [2.05, 4.69) is 33.1 Å². The number of ether oxygens (including phenoxy) is 1. The number of hydrogen-bond donors (Lipinski definition) is 1. The van der Waals surface area contributed by atoms with E-state index in [9.17, 15) is 0 Å². The van der Waals surface area contributed by atoms with Crippen molar-refractivity contribution in [3.8, 4) is 0 Å². The van der Waals surface area contributed by atoms with Crippen LogP contribution in [0.15, 0.2) is 0 Å². The first-order chi connectivity index (χ1) is 6.50. The smallest absolute Gasteiger partial charge is 0.0623 e. The molecular weight excluding hydrogens is 174 g/mol. The lowest BCUT2D eigenvalue weighted by Crippen LogP contribution is -2.32. The molecule has 1 N–H and O–H groups in total. The second kappa shape index (κ2) is 4.63. The molecule has 0 bridgehead atoms. The zero-order chi connectivity index (χ0) is 10.8. The first kappa shape index (κ1) is 12.0. The number of hydrogen-bond acceptors (Lipinski definition) is 2. The van der Waals surface area contributed by atoms with E-state index >= 15 is 0 Å². The van der Waals surface area contributed by atoms with Crippen LogP contribution in [0.2, 0.25) is 0 Å². The Balaban J connectivity index is 2.28. The maximum atomic E-state index is 5.43. The average molecular weight is 199 g/mol. The Hall–Kier alpha value is -0.0800. The second-order valence-corrected chi connectivity index (χ2v) is 5.27. The largest absolute Gasteiger partial charge is 0.379 e. The Kier molecular flexibility index (Phi) is 3.96. The van der Waals surface area contributed by atoms with E-state index in [1.54, 1.807) is 7.11 Å². The van der Waals surface area contributed by atoms with E-state index in [1.165, 1.54) is 12.8 Å². The Morgan fingerprint density at radius 1 is 1.50 bits per heavy atom. The van der Waals surface area contributed by atoms with Crippen molar-refractivity contribution in [2.75, 3.05) is 14.2 Å². The van der Waals surface area contributed by atoms with Crippen molar-refractivity contribution in [1.82, 2.24) is 5.32 Å². The first-order valence-electron chi connectivity index (χ1n) is 5.72. The van der Waals surface area contributed by atoms with Gasteiger partial charge in [0.2, 0.25) is 0 Å². The predicted octanol–water partition coefficient (Wildman–Crippen LogP) is 2.44. The van der Waals surface area contributed by atoms with Gasteiger partial charge >= 0.3 is 0 Å². The molecule has 2 heteroatoms. The van der Waals surface area contributed by atoms with Crippen molar-refractivity contribution in [3.63, 3.8) is 0 Å². The van der Waals surface area contributed by atoms with E-state index in [-0.39, 0.29) is 5.60 Å². The lowest BCUT2D eigenvalue weighted by molar-refractivity contribution is 0.0113. The Bertz CT molecular complexity index is 179. The summed E-state index contributed by atoms with van der Waals surface area (Å²) in [7, 11) is 3.88. The monoisotopic (exact) mass is 199 g/mol. The Morgan fingerprint density at radius 2 is 2.07 bits per heavy atom. The zero-order valence-corrected chi connectivity index (χ0v) is 10.3. The van der Waals surface area contributed by atoms with Crippen LogP contribution < -0.4 is 5.32 Å². The van der Waals surface area contributed by atoms with E-state index in [4.69, 9.17) is 4.74 Å². The maximum absolute atomic E-state index is 5.43. The fourth-order valence-electron chi connectivity index (χ4n) is 2.09. The minimum absolute atomic E-state index is 0.0349. The molecule has 0 amide bonds. The van der Waals surface area contributed by atoms with Crippen LogP contribution in [0.5, 0.6) is 0 Å². The molecule has 2 nitrogen and oxygen atoms in total. The standard InChI is InChI=1S/C12H25NO/c1-9-8-10(9)11(13-4)6-7-12(2,3)14-5/h9-11,13H,6-8H2,1-5H3. The molecule has 0 heterocycles. The molecule has 3 unspecified atom stereocenters. The summed E-state index contributed by atoms with van der Waals surface area (Å²) in [5.74, 6) is 1.84. The van der Waals surface area contributed by atoms with Crippen LogP contribution in [0.25, 0.3) is 0 Å². The van der Waals surface area contributed by atoms with Crippen LogP contribution in [0, 0.1) is 11.8 Å². The lowest BCUT2D eigenvalue weighted by atomic mass is 9.96. The molecule has 0 saturated heterocycles. The molecule has 14 heavy (non-hydrogen) atoms. The topological polar surface area (TPSA) is 21.3 Å². The summed E-state index contributed by atoms with van der Waals surface area (Å²) >= 11 is 0. The highest BCUT2D eigenvalue weighted by atomic mass is 16.5. The van der Waals surface area contributed by atoms with Gasteiger partial charge in [-0.05, 0) is 52.0 Å². The predicted molar refractivity (Wildman–Crippen MR) is 60.4 cm³/mol. The van der Waals surface area contributed by atoms with Gasteiger partial charge < -0.3 is 10.1 Å². The van der Waals surface area contributed by atoms with E-state index in [1.807, 2.05) is 0 Å². The highest BCUT2D eigenvalue weighted by Gasteiger charge is 2.38. The summed E-state index contributed by atoms with van der Waals surface area (Å²) < 4.78 is 5.43. The molecular formula is C12H25NO. The van der Waals surface area contributed by atoms with Gasteiger partial charge in [0, 0.05) is 13.2 Å². The fraction of sp³-hybridized carbons (Fsp3) is 1.00. The van der Waals surface area contributed by atoms with Crippen molar-refractivity contribution < 1.29 is 4.74 Å². The SMILES string of the molecule is CNC(CCC(C)(C)OC)C1CC1C. The quantitative estimate of drug-likeness (QED) is 0.709.